The van der Waals surface area contributed by atoms with Crippen molar-refractivity contribution in [1.29, 1.82) is 0 Å². The van der Waals surface area contributed by atoms with Crippen molar-refractivity contribution in [3.05, 3.63) is 28.8 Å². The highest BCUT2D eigenvalue weighted by molar-refractivity contribution is 6.31. The molecule has 0 aliphatic carbocycles. The molecule has 0 aromatic heterocycles. The molecule has 1 aromatic carbocycles. The Labute approximate surface area is 119 Å². The fourth-order valence-electron chi connectivity index (χ4n) is 1.45. The first kappa shape index (κ1) is 15.8. The molecule has 4 nitrogen and oxygen atoms in total. The summed E-state index contributed by atoms with van der Waals surface area (Å²) >= 11 is 5.97. The van der Waals surface area contributed by atoms with Gasteiger partial charge in [0.05, 0.1) is 6.61 Å². The van der Waals surface area contributed by atoms with Gasteiger partial charge in [0.15, 0.2) is 0 Å². The van der Waals surface area contributed by atoms with E-state index in [1.165, 1.54) is 0 Å². The molecule has 1 rings (SSSR count). The molecule has 0 spiro atoms. The van der Waals surface area contributed by atoms with Gasteiger partial charge in [-0.1, -0.05) is 31.5 Å². The third-order valence-corrected chi connectivity index (χ3v) is 2.93. The van der Waals surface area contributed by atoms with E-state index >= 15 is 0 Å². The van der Waals surface area contributed by atoms with Crippen LogP contribution in [-0.2, 0) is 4.74 Å². The van der Waals surface area contributed by atoms with Gasteiger partial charge in [0, 0.05) is 16.8 Å². The van der Waals surface area contributed by atoms with Crippen molar-refractivity contribution in [1.82, 2.24) is 5.32 Å². The van der Waals surface area contributed by atoms with Gasteiger partial charge < -0.3 is 10.1 Å². The lowest BCUT2D eigenvalue weighted by molar-refractivity contribution is 0.160. The van der Waals surface area contributed by atoms with Gasteiger partial charge in [-0.25, -0.2) is 4.79 Å². The predicted octanol–water partition coefficient (Wildman–Crippen LogP) is 3.59. The molecule has 0 atom stereocenters. The molecule has 106 valence electrons. The van der Waals surface area contributed by atoms with Crippen LogP contribution in [0.15, 0.2) is 18.2 Å². The number of aryl methyl sites for hydroxylation is 1. The Balaban J connectivity index is 2.25. The zero-order valence-electron chi connectivity index (χ0n) is 11.6. The van der Waals surface area contributed by atoms with Gasteiger partial charge in [0.1, 0.15) is 0 Å². The van der Waals surface area contributed by atoms with E-state index in [0.717, 1.165) is 18.5 Å². The molecule has 1 amide bonds. The average Bonchev–Trinajstić information content (AvgIpc) is 2.33. The molecule has 0 saturated heterocycles. The molecule has 0 fully saturated rings. The molecule has 0 bridgehead atoms. The van der Waals surface area contributed by atoms with Crippen LogP contribution < -0.4 is 10.6 Å². The van der Waals surface area contributed by atoms with E-state index in [0.29, 0.717) is 23.4 Å². The summed E-state index contributed by atoms with van der Waals surface area (Å²) in [6.45, 7) is 7.29. The van der Waals surface area contributed by atoms with Crippen molar-refractivity contribution in [2.45, 2.75) is 33.2 Å². The van der Waals surface area contributed by atoms with Crippen molar-refractivity contribution in [2.75, 3.05) is 18.5 Å². The van der Waals surface area contributed by atoms with E-state index in [1.54, 1.807) is 12.1 Å². The molecule has 0 aliphatic rings. The number of nitrogens with one attached hydrogen (secondary N) is 2. The molecule has 1 aromatic rings. The second-order valence-electron chi connectivity index (χ2n) is 4.69. The Morgan fingerprint density at radius 3 is 2.79 bits per heavy atom. The van der Waals surface area contributed by atoms with Gasteiger partial charge in [-0.3, -0.25) is 5.32 Å². The summed E-state index contributed by atoms with van der Waals surface area (Å²) in [6.07, 6.45) is 0.338. The van der Waals surface area contributed by atoms with E-state index < -0.39 is 6.09 Å². The Morgan fingerprint density at radius 1 is 1.42 bits per heavy atom. The highest BCUT2D eigenvalue weighted by atomic mass is 35.5. The summed E-state index contributed by atoms with van der Waals surface area (Å²) in [5.41, 5.74) is 1.61. The summed E-state index contributed by atoms with van der Waals surface area (Å²) in [5, 5.41) is 6.52. The van der Waals surface area contributed by atoms with Gasteiger partial charge in [-0.2, -0.15) is 0 Å². The number of amides is 1. The maximum atomic E-state index is 11.5. The Kier molecular flexibility index (Phi) is 6.67. The maximum absolute atomic E-state index is 11.5. The average molecular weight is 285 g/mol. The second-order valence-corrected chi connectivity index (χ2v) is 5.09. The number of hydrogen-bond donors (Lipinski definition) is 2. The Morgan fingerprint density at radius 2 is 2.16 bits per heavy atom. The second kappa shape index (κ2) is 8.02. The molecule has 2 N–H and O–H groups in total. The quantitative estimate of drug-likeness (QED) is 0.785. The highest BCUT2D eigenvalue weighted by Crippen LogP contribution is 2.19. The van der Waals surface area contributed by atoms with E-state index in [-0.39, 0.29) is 0 Å². The van der Waals surface area contributed by atoms with E-state index in [1.807, 2.05) is 13.0 Å². The van der Waals surface area contributed by atoms with Crippen LogP contribution in [0, 0.1) is 6.92 Å². The zero-order valence-corrected chi connectivity index (χ0v) is 12.4. The van der Waals surface area contributed by atoms with Gasteiger partial charge in [0.25, 0.3) is 0 Å². The Hall–Kier alpha value is -1.26. The zero-order chi connectivity index (χ0) is 14.3. The summed E-state index contributed by atoms with van der Waals surface area (Å²) < 4.78 is 5.06. The predicted molar refractivity (Wildman–Crippen MR) is 78.9 cm³/mol. The van der Waals surface area contributed by atoms with E-state index in [4.69, 9.17) is 16.3 Å². The lowest BCUT2D eigenvalue weighted by atomic mass is 10.2. The van der Waals surface area contributed by atoms with Crippen molar-refractivity contribution >= 4 is 23.4 Å². The minimum absolute atomic E-state index is 0.394. The molecule has 0 heterocycles. The smallest absolute Gasteiger partial charge is 0.411 e. The van der Waals surface area contributed by atoms with E-state index in [9.17, 15) is 4.79 Å². The molecular weight excluding hydrogens is 264 g/mol. The first-order valence-corrected chi connectivity index (χ1v) is 6.80. The lowest BCUT2D eigenvalue weighted by Crippen LogP contribution is -2.25. The minimum atomic E-state index is -0.454. The number of carbonyl (C=O) groups excluding carboxylic acids is 1. The Bertz CT molecular complexity index is 422. The number of benzene rings is 1. The molecular formula is C14H21ClN2O2. The summed E-state index contributed by atoms with van der Waals surface area (Å²) in [7, 11) is 0. The monoisotopic (exact) mass is 284 g/mol. The van der Waals surface area contributed by atoms with Crippen LogP contribution in [0.1, 0.15) is 25.8 Å². The first-order valence-electron chi connectivity index (χ1n) is 6.42. The number of halogens is 1. The minimum Gasteiger partial charge on any atom is -0.449 e. The van der Waals surface area contributed by atoms with Gasteiger partial charge in [-0.15, -0.1) is 0 Å². The fraction of sp³-hybridized carbons (Fsp3) is 0.500. The fourth-order valence-corrected chi connectivity index (χ4v) is 1.63. The molecule has 19 heavy (non-hydrogen) atoms. The summed E-state index contributed by atoms with van der Waals surface area (Å²) in [5.74, 6) is 0. The molecule has 0 unspecified atom stereocenters. The number of ether oxygens (including phenoxy) is 1. The SMILES string of the molecule is Cc1ccc(NC(=O)OCCCNC(C)C)cc1Cl. The lowest BCUT2D eigenvalue weighted by Gasteiger charge is -2.09. The van der Waals surface area contributed by atoms with Gasteiger partial charge in [0.2, 0.25) is 0 Å². The number of carbonyl (C=O) groups is 1. The number of rotatable bonds is 6. The van der Waals surface area contributed by atoms with Crippen molar-refractivity contribution in [3.8, 4) is 0 Å². The number of hydrogen-bond acceptors (Lipinski definition) is 3. The molecule has 0 aliphatic heterocycles. The van der Waals surface area contributed by atoms with Gasteiger partial charge >= 0.3 is 6.09 Å². The van der Waals surface area contributed by atoms with Crippen molar-refractivity contribution in [2.24, 2.45) is 0 Å². The molecule has 0 saturated carbocycles. The van der Waals surface area contributed by atoms with Crippen LogP contribution in [0.25, 0.3) is 0 Å². The van der Waals surface area contributed by atoms with Crippen LogP contribution in [0.4, 0.5) is 10.5 Å². The van der Waals surface area contributed by atoms with Gasteiger partial charge in [-0.05, 0) is 37.6 Å². The first-order chi connectivity index (χ1) is 8.99. The van der Waals surface area contributed by atoms with Crippen molar-refractivity contribution in [3.63, 3.8) is 0 Å². The standard InChI is InChI=1S/C14H21ClN2O2/c1-10(2)16-7-4-8-19-14(18)17-12-6-5-11(3)13(15)9-12/h5-6,9-10,16H,4,7-8H2,1-3H3,(H,17,18). The van der Waals surface area contributed by atoms with E-state index in [2.05, 4.69) is 24.5 Å². The molecule has 5 heteroatoms. The number of anilines is 1. The van der Waals surface area contributed by atoms with Crippen LogP contribution in [0.3, 0.4) is 0 Å². The maximum Gasteiger partial charge on any atom is 0.411 e. The van der Waals surface area contributed by atoms with Crippen LogP contribution in [0.2, 0.25) is 5.02 Å². The van der Waals surface area contributed by atoms with Crippen LogP contribution in [-0.4, -0.2) is 25.3 Å². The van der Waals surface area contributed by atoms with Crippen LogP contribution >= 0.6 is 11.6 Å². The highest BCUT2D eigenvalue weighted by Gasteiger charge is 2.04. The summed E-state index contributed by atoms with van der Waals surface area (Å²) in [6, 6.07) is 5.80. The topological polar surface area (TPSA) is 50.4 Å². The third kappa shape index (κ3) is 6.45. The molecule has 0 radical (unpaired) electrons. The van der Waals surface area contributed by atoms with Crippen LogP contribution in [0.5, 0.6) is 0 Å². The third-order valence-electron chi connectivity index (χ3n) is 2.53. The largest absolute Gasteiger partial charge is 0.449 e. The normalized spacial score (nSPS) is 10.6. The van der Waals surface area contributed by atoms with Crippen molar-refractivity contribution < 1.29 is 9.53 Å². The summed E-state index contributed by atoms with van der Waals surface area (Å²) in [4.78, 5) is 11.5.